The zero-order chi connectivity index (χ0) is 13.1. The van der Waals surface area contributed by atoms with Gasteiger partial charge in [0.05, 0.1) is 12.7 Å². The number of morpholine rings is 1. The maximum atomic E-state index is 13.2. The highest BCUT2D eigenvalue weighted by Gasteiger charge is 2.24. The van der Waals surface area contributed by atoms with E-state index in [0.717, 1.165) is 23.1 Å². The second-order valence-electron chi connectivity index (χ2n) is 4.78. The lowest BCUT2D eigenvalue weighted by molar-refractivity contribution is -0.0319. The molecule has 3 nitrogen and oxygen atoms in total. The van der Waals surface area contributed by atoms with E-state index in [9.17, 15) is 4.39 Å². The molecule has 1 aromatic carbocycles. The molecule has 0 spiro atoms. The van der Waals surface area contributed by atoms with Crippen LogP contribution in [0.4, 0.5) is 4.39 Å². The Hall–Kier alpha value is -0.490. The van der Waals surface area contributed by atoms with Crippen LogP contribution in [0.2, 0.25) is 0 Å². The number of benzene rings is 1. The molecule has 100 valence electrons. The van der Waals surface area contributed by atoms with Gasteiger partial charge in [0.1, 0.15) is 5.82 Å². The summed E-state index contributed by atoms with van der Waals surface area (Å²) in [6.07, 6.45) is 0.621. The molecule has 1 aliphatic heterocycles. The van der Waals surface area contributed by atoms with E-state index in [4.69, 9.17) is 10.5 Å². The minimum Gasteiger partial charge on any atom is -0.374 e. The van der Waals surface area contributed by atoms with Crippen molar-refractivity contribution in [3.05, 3.63) is 34.1 Å². The molecular formula is C13H18BrFN2O. The van der Waals surface area contributed by atoms with Crippen LogP contribution in [0, 0.1) is 5.82 Å². The largest absolute Gasteiger partial charge is 0.374 e. The quantitative estimate of drug-likeness (QED) is 0.924. The lowest BCUT2D eigenvalue weighted by atomic mass is 10.0. The van der Waals surface area contributed by atoms with Gasteiger partial charge in [0, 0.05) is 23.6 Å². The Labute approximate surface area is 115 Å². The standard InChI is InChI=1S/C13H18BrFN2O/c1-17-4-5-18-13(8-17)12(16)7-9-6-10(15)2-3-11(9)14/h2-3,6,12-13H,4-5,7-8,16H2,1H3. The van der Waals surface area contributed by atoms with Crippen molar-refractivity contribution < 1.29 is 9.13 Å². The molecule has 0 amide bonds. The molecule has 1 saturated heterocycles. The lowest BCUT2D eigenvalue weighted by Crippen LogP contribution is -2.50. The van der Waals surface area contributed by atoms with E-state index in [1.54, 1.807) is 6.07 Å². The topological polar surface area (TPSA) is 38.5 Å². The van der Waals surface area contributed by atoms with Crippen molar-refractivity contribution in [1.82, 2.24) is 4.90 Å². The second kappa shape index (κ2) is 6.10. The molecule has 2 unspecified atom stereocenters. The smallest absolute Gasteiger partial charge is 0.123 e. The summed E-state index contributed by atoms with van der Waals surface area (Å²) in [7, 11) is 2.06. The predicted octanol–water partition coefficient (Wildman–Crippen LogP) is 1.79. The van der Waals surface area contributed by atoms with Crippen molar-refractivity contribution in [2.45, 2.75) is 18.6 Å². The van der Waals surface area contributed by atoms with Gasteiger partial charge in [0.2, 0.25) is 0 Å². The number of halogens is 2. The first-order valence-electron chi connectivity index (χ1n) is 6.06. The Bertz CT molecular complexity index is 416. The van der Waals surface area contributed by atoms with Gasteiger partial charge >= 0.3 is 0 Å². The highest BCUT2D eigenvalue weighted by Crippen LogP contribution is 2.20. The van der Waals surface area contributed by atoms with Gasteiger partial charge in [-0.2, -0.15) is 0 Å². The molecule has 5 heteroatoms. The van der Waals surface area contributed by atoms with Crippen LogP contribution in [-0.2, 0) is 11.2 Å². The van der Waals surface area contributed by atoms with Crippen LogP contribution in [-0.4, -0.2) is 43.8 Å². The number of likely N-dealkylation sites (N-methyl/N-ethyl adjacent to an activating group) is 1. The van der Waals surface area contributed by atoms with E-state index >= 15 is 0 Å². The monoisotopic (exact) mass is 316 g/mol. The molecule has 0 aromatic heterocycles. The van der Waals surface area contributed by atoms with E-state index in [-0.39, 0.29) is 18.0 Å². The molecule has 1 fully saturated rings. The molecule has 2 atom stereocenters. The summed E-state index contributed by atoms with van der Waals surface area (Å²) in [6.45, 7) is 2.47. The van der Waals surface area contributed by atoms with Crippen LogP contribution < -0.4 is 5.73 Å². The SMILES string of the molecule is CN1CCOC(C(N)Cc2cc(F)ccc2Br)C1. The summed E-state index contributed by atoms with van der Waals surface area (Å²) < 4.78 is 19.8. The third-order valence-electron chi connectivity index (χ3n) is 3.24. The van der Waals surface area contributed by atoms with Crippen molar-refractivity contribution in [2.75, 3.05) is 26.7 Å². The van der Waals surface area contributed by atoms with Gasteiger partial charge in [0.25, 0.3) is 0 Å². The number of rotatable bonds is 3. The number of nitrogens with zero attached hydrogens (tertiary/aromatic N) is 1. The molecule has 1 aromatic rings. The van der Waals surface area contributed by atoms with Crippen molar-refractivity contribution >= 4 is 15.9 Å². The number of nitrogens with two attached hydrogens (primary N) is 1. The zero-order valence-corrected chi connectivity index (χ0v) is 12.0. The van der Waals surface area contributed by atoms with Crippen LogP contribution in [0.3, 0.4) is 0 Å². The maximum absolute atomic E-state index is 13.2. The third kappa shape index (κ3) is 3.51. The summed E-state index contributed by atoms with van der Waals surface area (Å²) >= 11 is 3.42. The Kier molecular flexibility index (Phi) is 4.72. The van der Waals surface area contributed by atoms with Crippen molar-refractivity contribution in [2.24, 2.45) is 5.73 Å². The van der Waals surface area contributed by atoms with Gasteiger partial charge in [-0.05, 0) is 37.2 Å². The first-order chi connectivity index (χ1) is 8.56. The van der Waals surface area contributed by atoms with Crippen LogP contribution in [0.25, 0.3) is 0 Å². The zero-order valence-electron chi connectivity index (χ0n) is 10.4. The lowest BCUT2D eigenvalue weighted by Gasteiger charge is -2.33. The summed E-state index contributed by atoms with van der Waals surface area (Å²) in [5, 5.41) is 0. The molecule has 0 bridgehead atoms. The summed E-state index contributed by atoms with van der Waals surface area (Å²) in [5.41, 5.74) is 7.05. The summed E-state index contributed by atoms with van der Waals surface area (Å²) in [5.74, 6) is -0.234. The van der Waals surface area contributed by atoms with Crippen molar-refractivity contribution in [1.29, 1.82) is 0 Å². The minimum absolute atomic E-state index is 0.0129. The van der Waals surface area contributed by atoms with Crippen LogP contribution in [0.1, 0.15) is 5.56 Å². The average molecular weight is 317 g/mol. The Balaban J connectivity index is 2.01. The van der Waals surface area contributed by atoms with Gasteiger partial charge in [-0.25, -0.2) is 4.39 Å². The summed E-state index contributed by atoms with van der Waals surface area (Å²) in [4.78, 5) is 2.20. The molecule has 1 heterocycles. The van der Waals surface area contributed by atoms with Crippen LogP contribution >= 0.6 is 15.9 Å². The fourth-order valence-corrected chi connectivity index (χ4v) is 2.56. The summed E-state index contributed by atoms with van der Waals surface area (Å²) in [6, 6.07) is 4.55. The highest BCUT2D eigenvalue weighted by molar-refractivity contribution is 9.10. The Morgan fingerprint density at radius 2 is 2.39 bits per heavy atom. The fraction of sp³-hybridized carbons (Fsp3) is 0.538. The molecule has 18 heavy (non-hydrogen) atoms. The van der Waals surface area contributed by atoms with E-state index in [2.05, 4.69) is 27.9 Å². The van der Waals surface area contributed by atoms with Gasteiger partial charge in [-0.3, -0.25) is 0 Å². The molecular weight excluding hydrogens is 299 g/mol. The maximum Gasteiger partial charge on any atom is 0.123 e. The molecule has 2 N–H and O–H groups in total. The molecule has 0 radical (unpaired) electrons. The first-order valence-corrected chi connectivity index (χ1v) is 6.85. The number of hydrogen-bond acceptors (Lipinski definition) is 3. The van der Waals surface area contributed by atoms with Crippen LogP contribution in [0.5, 0.6) is 0 Å². The average Bonchev–Trinajstić information content (AvgIpc) is 2.34. The Morgan fingerprint density at radius 3 is 3.11 bits per heavy atom. The van der Waals surface area contributed by atoms with Gasteiger partial charge < -0.3 is 15.4 Å². The molecule has 0 saturated carbocycles. The van der Waals surface area contributed by atoms with Crippen LogP contribution in [0.15, 0.2) is 22.7 Å². The third-order valence-corrected chi connectivity index (χ3v) is 4.01. The molecule has 2 rings (SSSR count). The van der Waals surface area contributed by atoms with Crippen molar-refractivity contribution in [3.8, 4) is 0 Å². The van der Waals surface area contributed by atoms with Crippen molar-refractivity contribution in [3.63, 3.8) is 0 Å². The van der Waals surface area contributed by atoms with E-state index < -0.39 is 0 Å². The van der Waals surface area contributed by atoms with E-state index in [0.29, 0.717) is 13.0 Å². The number of ether oxygens (including phenoxy) is 1. The van der Waals surface area contributed by atoms with Gasteiger partial charge in [-0.15, -0.1) is 0 Å². The molecule has 1 aliphatic rings. The molecule has 0 aliphatic carbocycles. The fourth-order valence-electron chi connectivity index (χ4n) is 2.16. The number of hydrogen-bond donors (Lipinski definition) is 1. The Morgan fingerprint density at radius 1 is 1.61 bits per heavy atom. The van der Waals surface area contributed by atoms with E-state index in [1.807, 2.05) is 0 Å². The highest BCUT2D eigenvalue weighted by atomic mass is 79.9. The van der Waals surface area contributed by atoms with Gasteiger partial charge in [-0.1, -0.05) is 15.9 Å². The van der Waals surface area contributed by atoms with E-state index in [1.165, 1.54) is 12.1 Å². The van der Waals surface area contributed by atoms with Gasteiger partial charge in [0.15, 0.2) is 0 Å². The second-order valence-corrected chi connectivity index (χ2v) is 5.63. The first kappa shape index (κ1) is 13.9. The minimum atomic E-state index is -0.234. The predicted molar refractivity (Wildman–Crippen MR) is 73.0 cm³/mol. The normalized spacial score (nSPS) is 23.0.